The third-order valence-corrected chi connectivity index (χ3v) is 3.50. The number of hydrogen-bond acceptors (Lipinski definition) is 4. The molecule has 5 heteroatoms. The van der Waals surface area contributed by atoms with Crippen LogP contribution in [0.25, 0.3) is 0 Å². The molecule has 2 aromatic rings. The third-order valence-electron chi connectivity index (χ3n) is 3.50. The largest absolute Gasteiger partial charge is 0.378 e. The van der Waals surface area contributed by atoms with Crippen LogP contribution in [-0.2, 0) is 13.6 Å². The fourth-order valence-electron chi connectivity index (χ4n) is 2.15. The lowest BCUT2D eigenvalue weighted by molar-refractivity contribution is 0.856. The zero-order chi connectivity index (χ0) is 14.7. The van der Waals surface area contributed by atoms with Crippen LogP contribution in [0.4, 0.5) is 11.4 Å². The molecule has 20 heavy (non-hydrogen) atoms. The standard InChI is InChI=1S/C15H19N5/c1-11-12(7-13(8-16)20(11)4)9-18-14-10-17-6-5-15(14)19(2)3/h5-7,10,18H,9H2,1-4H3. The zero-order valence-electron chi connectivity index (χ0n) is 12.3. The molecule has 0 unspecified atom stereocenters. The number of rotatable bonds is 4. The number of nitrogens with zero attached hydrogens (tertiary/aromatic N) is 4. The van der Waals surface area contributed by atoms with E-state index in [0.29, 0.717) is 12.2 Å². The van der Waals surface area contributed by atoms with Crippen molar-refractivity contribution in [2.75, 3.05) is 24.3 Å². The molecule has 0 aliphatic heterocycles. The Morgan fingerprint density at radius 2 is 2.20 bits per heavy atom. The molecular formula is C15H19N5. The predicted molar refractivity (Wildman–Crippen MR) is 80.8 cm³/mol. The number of anilines is 2. The van der Waals surface area contributed by atoms with Crippen molar-refractivity contribution in [1.29, 1.82) is 5.26 Å². The molecule has 0 fully saturated rings. The Hall–Kier alpha value is -2.48. The maximum absolute atomic E-state index is 9.05. The van der Waals surface area contributed by atoms with Gasteiger partial charge in [0.05, 0.1) is 17.6 Å². The van der Waals surface area contributed by atoms with Crippen molar-refractivity contribution in [3.05, 3.63) is 41.5 Å². The van der Waals surface area contributed by atoms with E-state index in [1.165, 1.54) is 0 Å². The summed E-state index contributed by atoms with van der Waals surface area (Å²) in [5.41, 5.74) is 4.98. The van der Waals surface area contributed by atoms with Gasteiger partial charge in [-0.15, -0.1) is 0 Å². The molecule has 2 rings (SSSR count). The van der Waals surface area contributed by atoms with Gasteiger partial charge in [-0.1, -0.05) is 0 Å². The molecule has 0 aromatic carbocycles. The van der Waals surface area contributed by atoms with Gasteiger partial charge in [-0.25, -0.2) is 0 Å². The minimum Gasteiger partial charge on any atom is -0.378 e. The first-order valence-corrected chi connectivity index (χ1v) is 6.45. The van der Waals surface area contributed by atoms with Crippen LogP contribution in [0.2, 0.25) is 0 Å². The first-order valence-electron chi connectivity index (χ1n) is 6.45. The lowest BCUT2D eigenvalue weighted by Gasteiger charge is -2.17. The third kappa shape index (κ3) is 2.59. The minimum absolute atomic E-state index is 0.674. The Labute approximate surface area is 119 Å². The van der Waals surface area contributed by atoms with E-state index >= 15 is 0 Å². The van der Waals surface area contributed by atoms with Gasteiger partial charge in [0.1, 0.15) is 11.8 Å². The Morgan fingerprint density at radius 1 is 1.45 bits per heavy atom. The van der Waals surface area contributed by atoms with Gasteiger partial charge >= 0.3 is 0 Å². The van der Waals surface area contributed by atoms with Gasteiger partial charge in [-0.2, -0.15) is 5.26 Å². The molecule has 2 aromatic heterocycles. The quantitative estimate of drug-likeness (QED) is 0.925. The minimum atomic E-state index is 0.674. The topological polar surface area (TPSA) is 56.9 Å². The first-order chi connectivity index (χ1) is 9.54. The van der Waals surface area contributed by atoms with E-state index < -0.39 is 0 Å². The summed E-state index contributed by atoms with van der Waals surface area (Å²) in [6.45, 7) is 2.70. The van der Waals surface area contributed by atoms with Crippen LogP contribution in [0.3, 0.4) is 0 Å². The van der Waals surface area contributed by atoms with E-state index in [-0.39, 0.29) is 0 Å². The van der Waals surface area contributed by atoms with Crippen molar-refractivity contribution >= 4 is 11.4 Å². The highest BCUT2D eigenvalue weighted by Crippen LogP contribution is 2.23. The highest BCUT2D eigenvalue weighted by molar-refractivity contribution is 5.68. The summed E-state index contributed by atoms with van der Waals surface area (Å²) in [5, 5.41) is 12.4. The van der Waals surface area contributed by atoms with Crippen molar-refractivity contribution in [2.45, 2.75) is 13.5 Å². The second-order valence-electron chi connectivity index (χ2n) is 4.95. The van der Waals surface area contributed by atoms with Crippen LogP contribution in [0, 0.1) is 18.3 Å². The zero-order valence-corrected chi connectivity index (χ0v) is 12.3. The normalized spacial score (nSPS) is 10.2. The molecule has 0 saturated carbocycles. The van der Waals surface area contributed by atoms with Crippen molar-refractivity contribution in [2.24, 2.45) is 7.05 Å². The molecule has 1 N–H and O–H groups in total. The SMILES string of the molecule is Cc1c(CNc2cnccc2N(C)C)cc(C#N)n1C. The van der Waals surface area contributed by atoms with Crippen LogP contribution >= 0.6 is 0 Å². The average molecular weight is 269 g/mol. The van der Waals surface area contributed by atoms with Crippen LogP contribution in [0.1, 0.15) is 17.0 Å². The summed E-state index contributed by atoms with van der Waals surface area (Å²) in [7, 11) is 5.91. The van der Waals surface area contributed by atoms with Crippen LogP contribution in [-0.4, -0.2) is 23.6 Å². The smallest absolute Gasteiger partial charge is 0.120 e. The van der Waals surface area contributed by atoms with Gasteiger partial charge in [0, 0.05) is 39.6 Å². The molecule has 0 spiro atoms. The lowest BCUT2D eigenvalue weighted by Crippen LogP contribution is -2.12. The molecule has 0 aliphatic carbocycles. The monoisotopic (exact) mass is 269 g/mol. The summed E-state index contributed by atoms with van der Waals surface area (Å²) in [4.78, 5) is 6.20. The van der Waals surface area contributed by atoms with Crippen molar-refractivity contribution in [1.82, 2.24) is 9.55 Å². The Morgan fingerprint density at radius 3 is 2.80 bits per heavy atom. The Bertz CT molecular complexity index is 649. The van der Waals surface area contributed by atoms with E-state index in [9.17, 15) is 0 Å². The number of nitrogens with one attached hydrogen (secondary N) is 1. The summed E-state index contributed by atoms with van der Waals surface area (Å²) in [6, 6.07) is 6.10. The molecule has 0 atom stereocenters. The van der Waals surface area contributed by atoms with E-state index in [2.05, 4.69) is 16.4 Å². The maximum atomic E-state index is 9.05. The predicted octanol–water partition coefficient (Wildman–Crippen LogP) is 2.28. The van der Waals surface area contributed by atoms with Crippen LogP contribution in [0.15, 0.2) is 24.5 Å². The highest BCUT2D eigenvalue weighted by Gasteiger charge is 2.09. The van der Waals surface area contributed by atoms with E-state index in [1.807, 2.05) is 55.9 Å². The van der Waals surface area contributed by atoms with Crippen molar-refractivity contribution in [3.8, 4) is 6.07 Å². The Balaban J connectivity index is 2.20. The summed E-state index contributed by atoms with van der Waals surface area (Å²) < 4.78 is 1.91. The van der Waals surface area contributed by atoms with Crippen molar-refractivity contribution in [3.63, 3.8) is 0 Å². The Kier molecular flexibility index (Phi) is 3.94. The van der Waals surface area contributed by atoms with Gasteiger partial charge in [-0.3, -0.25) is 4.98 Å². The summed E-state index contributed by atoms with van der Waals surface area (Å²) >= 11 is 0. The number of nitriles is 1. The molecule has 0 amide bonds. The fraction of sp³-hybridized carbons (Fsp3) is 0.333. The highest BCUT2D eigenvalue weighted by atomic mass is 15.1. The van der Waals surface area contributed by atoms with Gasteiger partial charge in [0.15, 0.2) is 0 Å². The fourth-order valence-corrected chi connectivity index (χ4v) is 2.15. The van der Waals surface area contributed by atoms with E-state index in [0.717, 1.165) is 22.6 Å². The average Bonchev–Trinajstić information content (AvgIpc) is 2.72. The maximum Gasteiger partial charge on any atom is 0.120 e. The molecule has 5 nitrogen and oxygen atoms in total. The van der Waals surface area contributed by atoms with Crippen LogP contribution < -0.4 is 10.2 Å². The number of hydrogen-bond donors (Lipinski definition) is 1. The van der Waals surface area contributed by atoms with Gasteiger partial charge in [-0.05, 0) is 24.6 Å². The van der Waals surface area contributed by atoms with Crippen LogP contribution in [0.5, 0.6) is 0 Å². The molecule has 0 saturated heterocycles. The first kappa shape index (κ1) is 13.9. The lowest BCUT2D eigenvalue weighted by atomic mass is 10.2. The van der Waals surface area contributed by atoms with Gasteiger partial charge in [0.25, 0.3) is 0 Å². The molecule has 0 radical (unpaired) electrons. The molecule has 104 valence electrons. The summed E-state index contributed by atoms with van der Waals surface area (Å²) in [5.74, 6) is 0. The molecule has 0 aliphatic rings. The van der Waals surface area contributed by atoms with Gasteiger partial charge in [0.2, 0.25) is 0 Å². The van der Waals surface area contributed by atoms with E-state index in [1.54, 1.807) is 6.20 Å². The second kappa shape index (κ2) is 5.66. The van der Waals surface area contributed by atoms with E-state index in [4.69, 9.17) is 5.26 Å². The second-order valence-corrected chi connectivity index (χ2v) is 4.95. The molecular weight excluding hydrogens is 250 g/mol. The van der Waals surface area contributed by atoms with Crippen molar-refractivity contribution < 1.29 is 0 Å². The van der Waals surface area contributed by atoms with Gasteiger partial charge < -0.3 is 14.8 Å². The summed E-state index contributed by atoms with van der Waals surface area (Å²) in [6.07, 6.45) is 3.60. The number of pyridine rings is 1. The molecule has 2 heterocycles. The molecule has 0 bridgehead atoms. The number of aromatic nitrogens is 2.